The van der Waals surface area contributed by atoms with Crippen LogP contribution < -0.4 is 10.2 Å². The Kier molecular flexibility index (Phi) is 2.83. The molecule has 1 heterocycles. The Hall–Kier alpha value is -2.21. The predicted octanol–water partition coefficient (Wildman–Crippen LogP) is 3.13. The van der Waals surface area contributed by atoms with E-state index < -0.39 is 5.43 Å². The van der Waals surface area contributed by atoms with E-state index in [1.165, 1.54) is 31.4 Å². The van der Waals surface area contributed by atoms with E-state index >= 15 is 0 Å². The van der Waals surface area contributed by atoms with E-state index in [9.17, 15) is 15.0 Å². The number of phenols is 2. The van der Waals surface area contributed by atoms with Crippen molar-refractivity contribution in [1.29, 1.82) is 0 Å². The highest BCUT2D eigenvalue weighted by Gasteiger charge is 2.17. The number of methoxy groups -OCH3 is 1. The topological polar surface area (TPSA) is 79.9 Å². The van der Waals surface area contributed by atoms with Gasteiger partial charge >= 0.3 is 0 Å². The zero-order valence-electron chi connectivity index (χ0n) is 10.3. The maximum Gasteiger partial charge on any atom is 0.204 e. The van der Waals surface area contributed by atoms with E-state index in [1.54, 1.807) is 0 Å². The molecule has 0 radical (unpaired) electrons. The summed E-state index contributed by atoms with van der Waals surface area (Å²) in [6, 6.07) is 5.75. The van der Waals surface area contributed by atoms with Crippen LogP contribution in [0.2, 0.25) is 0 Å². The lowest BCUT2D eigenvalue weighted by molar-refractivity contribution is 0.404. The van der Waals surface area contributed by atoms with Crippen LogP contribution in [-0.2, 0) is 0 Å². The zero-order chi connectivity index (χ0) is 14.4. The normalized spacial score (nSPS) is 11.1. The molecule has 5 nitrogen and oxygen atoms in total. The van der Waals surface area contributed by atoms with Crippen LogP contribution in [0, 0.1) is 0 Å². The lowest BCUT2D eigenvalue weighted by Gasteiger charge is -2.09. The van der Waals surface area contributed by atoms with Crippen molar-refractivity contribution in [2.45, 2.75) is 0 Å². The van der Waals surface area contributed by atoms with Gasteiger partial charge in [-0.3, -0.25) is 4.79 Å². The smallest absolute Gasteiger partial charge is 0.204 e. The maximum atomic E-state index is 12.4. The number of benzene rings is 2. The number of aromatic hydroxyl groups is 2. The van der Waals surface area contributed by atoms with Crippen LogP contribution in [0.4, 0.5) is 0 Å². The molecule has 1 aromatic heterocycles. The lowest BCUT2D eigenvalue weighted by Crippen LogP contribution is -2.03. The van der Waals surface area contributed by atoms with Gasteiger partial charge in [0.25, 0.3) is 0 Å². The summed E-state index contributed by atoms with van der Waals surface area (Å²) in [6.45, 7) is 0. The van der Waals surface area contributed by atoms with Gasteiger partial charge in [0.15, 0.2) is 0 Å². The highest BCUT2D eigenvalue weighted by molar-refractivity contribution is 9.10. The van der Waals surface area contributed by atoms with Crippen molar-refractivity contribution < 1.29 is 19.4 Å². The number of phenolic OH excluding ortho intramolecular Hbond substituents is 2. The molecule has 0 amide bonds. The van der Waals surface area contributed by atoms with E-state index in [1.807, 2.05) is 0 Å². The van der Waals surface area contributed by atoms with Crippen molar-refractivity contribution in [3.05, 3.63) is 39.0 Å². The molecule has 0 unspecified atom stereocenters. The maximum absolute atomic E-state index is 12.4. The number of hydrogen-bond acceptors (Lipinski definition) is 5. The van der Waals surface area contributed by atoms with Crippen molar-refractivity contribution in [3.8, 4) is 17.2 Å². The van der Waals surface area contributed by atoms with Crippen molar-refractivity contribution in [2.24, 2.45) is 0 Å². The fourth-order valence-electron chi connectivity index (χ4n) is 2.08. The van der Waals surface area contributed by atoms with Gasteiger partial charge in [0.2, 0.25) is 5.43 Å². The Balaban J connectivity index is 2.57. The van der Waals surface area contributed by atoms with Crippen molar-refractivity contribution in [1.82, 2.24) is 0 Å². The summed E-state index contributed by atoms with van der Waals surface area (Å²) in [5.41, 5.74) is 0.118. The molecule has 0 bridgehead atoms. The van der Waals surface area contributed by atoms with E-state index in [0.29, 0.717) is 11.3 Å². The molecule has 0 atom stereocenters. The molecular weight excluding hydrogens is 328 g/mol. The monoisotopic (exact) mass is 336 g/mol. The van der Waals surface area contributed by atoms with Gasteiger partial charge in [0, 0.05) is 6.07 Å². The second-order valence-electron chi connectivity index (χ2n) is 4.23. The molecule has 3 rings (SSSR count). The SMILES string of the molecule is COc1cc2oc3ccc(O)cc3c(=O)c2c(O)c1Br. The molecular formula is C14H9BrO5. The Bertz CT molecular complexity index is 898. The molecule has 0 aliphatic carbocycles. The average Bonchev–Trinajstić information content (AvgIpc) is 2.43. The minimum absolute atomic E-state index is 0.0378. The summed E-state index contributed by atoms with van der Waals surface area (Å²) in [4.78, 5) is 12.4. The van der Waals surface area contributed by atoms with Crippen molar-refractivity contribution >= 4 is 37.9 Å². The van der Waals surface area contributed by atoms with Crippen molar-refractivity contribution in [3.63, 3.8) is 0 Å². The molecule has 0 aliphatic heterocycles. The summed E-state index contributed by atoms with van der Waals surface area (Å²) in [5, 5.41) is 19.8. The first-order valence-electron chi connectivity index (χ1n) is 5.68. The first-order chi connectivity index (χ1) is 9.52. The second-order valence-corrected chi connectivity index (χ2v) is 5.02. The van der Waals surface area contributed by atoms with Gasteiger partial charge in [-0.25, -0.2) is 0 Å². The zero-order valence-corrected chi connectivity index (χ0v) is 11.9. The highest BCUT2D eigenvalue weighted by Crippen LogP contribution is 2.39. The number of fused-ring (bicyclic) bond motifs is 2. The summed E-state index contributed by atoms with van der Waals surface area (Å²) < 4.78 is 11.0. The molecule has 2 aromatic carbocycles. The number of halogens is 1. The molecule has 0 saturated heterocycles. The van der Waals surface area contributed by atoms with Gasteiger partial charge in [-0.2, -0.15) is 0 Å². The van der Waals surface area contributed by atoms with E-state index in [2.05, 4.69) is 15.9 Å². The Morgan fingerprint density at radius 2 is 1.95 bits per heavy atom. The summed E-state index contributed by atoms with van der Waals surface area (Å²) in [7, 11) is 1.45. The van der Waals surface area contributed by atoms with E-state index in [0.717, 1.165) is 0 Å². The molecule has 0 spiro atoms. The molecule has 102 valence electrons. The fraction of sp³-hybridized carbons (Fsp3) is 0.0714. The van der Waals surface area contributed by atoms with Gasteiger partial charge in [-0.1, -0.05) is 0 Å². The summed E-state index contributed by atoms with van der Waals surface area (Å²) in [5.74, 6) is 0.0610. The minimum atomic E-state index is -0.419. The number of hydrogen-bond donors (Lipinski definition) is 2. The third-order valence-electron chi connectivity index (χ3n) is 3.04. The lowest BCUT2D eigenvalue weighted by atomic mass is 10.1. The first kappa shape index (κ1) is 12.8. The van der Waals surface area contributed by atoms with Gasteiger partial charge < -0.3 is 19.4 Å². The molecule has 0 aliphatic rings. The molecule has 0 saturated carbocycles. The van der Waals surface area contributed by atoms with Crippen LogP contribution in [-0.4, -0.2) is 17.3 Å². The average molecular weight is 337 g/mol. The minimum Gasteiger partial charge on any atom is -0.508 e. The third kappa shape index (κ3) is 1.72. The Labute approximate surface area is 121 Å². The third-order valence-corrected chi connectivity index (χ3v) is 3.81. The van der Waals surface area contributed by atoms with Gasteiger partial charge in [-0.05, 0) is 34.1 Å². The largest absolute Gasteiger partial charge is 0.508 e. The van der Waals surface area contributed by atoms with Gasteiger partial charge in [-0.15, -0.1) is 0 Å². The molecule has 3 aromatic rings. The quantitative estimate of drug-likeness (QED) is 0.667. The second kappa shape index (κ2) is 4.42. The van der Waals surface area contributed by atoms with Gasteiger partial charge in [0.1, 0.15) is 38.3 Å². The summed E-state index contributed by atoms with van der Waals surface area (Å²) in [6.07, 6.45) is 0. The molecule has 0 fully saturated rings. The number of rotatable bonds is 1. The van der Waals surface area contributed by atoms with Crippen LogP contribution in [0.3, 0.4) is 0 Å². The van der Waals surface area contributed by atoms with Crippen LogP contribution >= 0.6 is 15.9 Å². The van der Waals surface area contributed by atoms with Crippen LogP contribution in [0.25, 0.3) is 21.9 Å². The number of ether oxygens (including phenoxy) is 1. The first-order valence-corrected chi connectivity index (χ1v) is 6.47. The highest BCUT2D eigenvalue weighted by atomic mass is 79.9. The predicted molar refractivity (Wildman–Crippen MR) is 77.6 cm³/mol. The molecule has 6 heteroatoms. The summed E-state index contributed by atoms with van der Waals surface area (Å²) >= 11 is 3.17. The van der Waals surface area contributed by atoms with Gasteiger partial charge in [0.05, 0.1) is 12.5 Å². The molecule has 2 N–H and O–H groups in total. The standard InChI is InChI=1S/C14H9BrO5/c1-19-10-5-9-11(14(18)12(10)15)13(17)7-4-6(16)2-3-8(7)20-9/h2-5,16,18H,1H3. The van der Waals surface area contributed by atoms with Crippen LogP contribution in [0.15, 0.2) is 37.9 Å². The molecule has 20 heavy (non-hydrogen) atoms. The van der Waals surface area contributed by atoms with Crippen LogP contribution in [0.1, 0.15) is 0 Å². The van der Waals surface area contributed by atoms with E-state index in [-0.39, 0.29) is 32.3 Å². The van der Waals surface area contributed by atoms with Crippen molar-refractivity contribution in [2.75, 3.05) is 7.11 Å². The Morgan fingerprint density at radius 3 is 2.65 bits per heavy atom. The fourth-order valence-corrected chi connectivity index (χ4v) is 2.56. The van der Waals surface area contributed by atoms with Crippen LogP contribution in [0.5, 0.6) is 17.2 Å². The van der Waals surface area contributed by atoms with E-state index in [4.69, 9.17) is 9.15 Å². The Morgan fingerprint density at radius 1 is 1.20 bits per heavy atom.